The average molecular weight is 356 g/mol. The highest BCUT2D eigenvalue weighted by Crippen LogP contribution is 2.20. The Balaban J connectivity index is 2.47. The molecule has 1 aromatic heterocycles. The molecule has 0 fully saturated rings. The van der Waals surface area contributed by atoms with Crippen LogP contribution in [0.1, 0.15) is 44.0 Å². The van der Waals surface area contributed by atoms with E-state index in [1.165, 1.54) is 0 Å². The van der Waals surface area contributed by atoms with Crippen molar-refractivity contribution in [1.82, 2.24) is 20.5 Å². The minimum Gasteiger partial charge on any atom is -0.375 e. The van der Waals surface area contributed by atoms with Crippen LogP contribution in [0.3, 0.4) is 0 Å². The van der Waals surface area contributed by atoms with Crippen molar-refractivity contribution in [3.8, 4) is 0 Å². The van der Waals surface area contributed by atoms with Crippen LogP contribution in [0.15, 0.2) is 10.4 Å². The van der Waals surface area contributed by atoms with Gasteiger partial charge in [-0.15, -0.1) is 11.3 Å². The monoisotopic (exact) mass is 355 g/mol. The van der Waals surface area contributed by atoms with Gasteiger partial charge in [0.1, 0.15) is 11.1 Å². The molecule has 2 N–H and O–H groups in total. The van der Waals surface area contributed by atoms with Crippen molar-refractivity contribution >= 4 is 23.2 Å². The number of methoxy groups -OCH3 is 1. The number of rotatable bonds is 8. The van der Waals surface area contributed by atoms with Gasteiger partial charge in [-0.1, -0.05) is 0 Å². The molecule has 0 radical (unpaired) electrons. The van der Waals surface area contributed by atoms with Crippen molar-refractivity contribution in [3.63, 3.8) is 0 Å². The summed E-state index contributed by atoms with van der Waals surface area (Å²) in [6.45, 7) is 7.06. The number of carbonyl (C=O) groups is 1. The molecule has 8 heteroatoms. The van der Waals surface area contributed by atoms with Crippen LogP contribution in [0, 0.1) is 0 Å². The Hall–Kier alpha value is -1.67. The Bertz CT molecular complexity index is 544. The maximum Gasteiger partial charge on any atom is 0.221 e. The molecule has 0 aromatic carbocycles. The van der Waals surface area contributed by atoms with Crippen molar-refractivity contribution in [1.29, 1.82) is 0 Å². The number of nitrogens with one attached hydrogen (secondary N) is 2. The van der Waals surface area contributed by atoms with Crippen molar-refractivity contribution in [2.24, 2.45) is 4.99 Å². The van der Waals surface area contributed by atoms with Gasteiger partial charge in [0.2, 0.25) is 5.91 Å². The molecule has 136 valence electrons. The SMILES string of the molecule is CN=C(NCCC(=O)NC(C)C)N(C)Cc1csc(C(C)OC)n1. The van der Waals surface area contributed by atoms with E-state index in [0.29, 0.717) is 19.5 Å². The van der Waals surface area contributed by atoms with E-state index in [0.717, 1.165) is 16.7 Å². The summed E-state index contributed by atoms with van der Waals surface area (Å²) in [6, 6.07) is 0.160. The maximum atomic E-state index is 11.7. The molecule has 1 rings (SSSR count). The van der Waals surface area contributed by atoms with E-state index in [1.807, 2.05) is 38.1 Å². The lowest BCUT2D eigenvalue weighted by Crippen LogP contribution is -2.40. The topological polar surface area (TPSA) is 78.9 Å². The van der Waals surface area contributed by atoms with Crippen LogP contribution in [-0.4, -0.2) is 55.5 Å². The zero-order chi connectivity index (χ0) is 18.1. The average Bonchev–Trinajstić information content (AvgIpc) is 2.98. The van der Waals surface area contributed by atoms with E-state index in [-0.39, 0.29) is 18.1 Å². The van der Waals surface area contributed by atoms with Crippen LogP contribution in [0.5, 0.6) is 0 Å². The predicted octanol–water partition coefficient (Wildman–Crippen LogP) is 1.77. The van der Waals surface area contributed by atoms with Crippen molar-refractivity contribution in [2.45, 2.75) is 45.9 Å². The lowest BCUT2D eigenvalue weighted by molar-refractivity contribution is -0.121. The molecule has 0 aliphatic heterocycles. The number of aliphatic imine (C=N–C) groups is 1. The first kappa shape index (κ1) is 20.4. The molecule has 1 atom stereocenters. The second-order valence-corrected chi connectivity index (χ2v) is 6.75. The number of thiazole rings is 1. The van der Waals surface area contributed by atoms with Gasteiger partial charge in [-0.3, -0.25) is 9.79 Å². The number of ether oxygens (including phenoxy) is 1. The quantitative estimate of drug-likeness (QED) is 0.549. The summed E-state index contributed by atoms with van der Waals surface area (Å²) in [7, 11) is 5.36. The summed E-state index contributed by atoms with van der Waals surface area (Å²) < 4.78 is 5.29. The number of amides is 1. The van der Waals surface area contributed by atoms with Gasteiger partial charge in [0, 0.05) is 45.6 Å². The van der Waals surface area contributed by atoms with Crippen molar-refractivity contribution in [3.05, 3.63) is 16.1 Å². The standard InChI is InChI=1S/C16H29N5O2S/c1-11(2)19-14(22)7-8-18-16(17-4)21(5)9-13-10-24-15(20-13)12(3)23-6/h10-12H,7-9H2,1-6H3,(H,17,18)(H,19,22). The Kier molecular flexibility index (Phi) is 8.70. The molecule has 0 saturated carbocycles. The van der Waals surface area contributed by atoms with Gasteiger partial charge in [-0.05, 0) is 20.8 Å². The van der Waals surface area contributed by atoms with Crippen LogP contribution in [0.4, 0.5) is 0 Å². The third-order valence-corrected chi connectivity index (χ3v) is 4.38. The molecule has 0 aliphatic carbocycles. The maximum absolute atomic E-state index is 11.7. The van der Waals surface area contributed by atoms with Gasteiger partial charge in [-0.2, -0.15) is 0 Å². The smallest absolute Gasteiger partial charge is 0.221 e. The van der Waals surface area contributed by atoms with E-state index >= 15 is 0 Å². The number of carbonyl (C=O) groups excluding carboxylic acids is 1. The second-order valence-electron chi connectivity index (χ2n) is 5.86. The summed E-state index contributed by atoms with van der Waals surface area (Å²) in [5, 5.41) is 9.07. The molecular weight excluding hydrogens is 326 g/mol. The summed E-state index contributed by atoms with van der Waals surface area (Å²) in [4.78, 5) is 22.5. The largest absolute Gasteiger partial charge is 0.375 e. The number of hydrogen-bond donors (Lipinski definition) is 2. The Labute approximate surface area is 148 Å². The Morgan fingerprint density at radius 3 is 2.75 bits per heavy atom. The molecule has 0 spiro atoms. The second kappa shape index (κ2) is 10.2. The van der Waals surface area contributed by atoms with Crippen molar-refractivity contribution in [2.75, 3.05) is 27.7 Å². The molecule has 0 aliphatic rings. The van der Waals surface area contributed by atoms with E-state index in [1.54, 1.807) is 25.5 Å². The molecule has 0 bridgehead atoms. The van der Waals surface area contributed by atoms with Crippen LogP contribution in [0.2, 0.25) is 0 Å². The normalized spacial score (nSPS) is 13.0. The zero-order valence-electron chi connectivity index (χ0n) is 15.4. The fourth-order valence-electron chi connectivity index (χ4n) is 2.07. The minimum absolute atomic E-state index is 0.00552. The minimum atomic E-state index is 0.00552. The molecular formula is C16H29N5O2S. The van der Waals surface area contributed by atoms with Crippen LogP contribution in [-0.2, 0) is 16.1 Å². The molecule has 7 nitrogen and oxygen atoms in total. The van der Waals surface area contributed by atoms with Crippen LogP contribution >= 0.6 is 11.3 Å². The molecule has 24 heavy (non-hydrogen) atoms. The van der Waals surface area contributed by atoms with Gasteiger partial charge < -0.3 is 20.3 Å². The van der Waals surface area contributed by atoms with Gasteiger partial charge in [-0.25, -0.2) is 4.98 Å². The Morgan fingerprint density at radius 2 is 2.17 bits per heavy atom. The third-order valence-electron chi connectivity index (χ3n) is 3.33. The first-order chi connectivity index (χ1) is 11.4. The lowest BCUT2D eigenvalue weighted by Gasteiger charge is -2.21. The fraction of sp³-hybridized carbons (Fsp3) is 0.688. The van der Waals surface area contributed by atoms with E-state index in [9.17, 15) is 4.79 Å². The molecule has 0 saturated heterocycles. The number of nitrogens with zero attached hydrogens (tertiary/aromatic N) is 3. The fourth-order valence-corrected chi connectivity index (χ4v) is 2.91. The first-order valence-corrected chi connectivity index (χ1v) is 8.93. The van der Waals surface area contributed by atoms with Crippen LogP contribution < -0.4 is 10.6 Å². The van der Waals surface area contributed by atoms with Crippen molar-refractivity contribution < 1.29 is 9.53 Å². The lowest BCUT2D eigenvalue weighted by atomic mass is 10.3. The van der Waals surface area contributed by atoms with E-state index in [4.69, 9.17) is 4.74 Å². The third kappa shape index (κ3) is 6.84. The van der Waals surface area contributed by atoms with Gasteiger partial charge in [0.15, 0.2) is 5.96 Å². The van der Waals surface area contributed by atoms with Crippen LogP contribution in [0.25, 0.3) is 0 Å². The summed E-state index contributed by atoms with van der Waals surface area (Å²) in [5.41, 5.74) is 0.974. The predicted molar refractivity (Wildman–Crippen MR) is 98.3 cm³/mol. The molecule has 1 amide bonds. The van der Waals surface area contributed by atoms with Gasteiger partial charge in [0.25, 0.3) is 0 Å². The van der Waals surface area contributed by atoms with E-state index in [2.05, 4.69) is 20.6 Å². The van der Waals surface area contributed by atoms with E-state index < -0.39 is 0 Å². The Morgan fingerprint density at radius 1 is 1.46 bits per heavy atom. The zero-order valence-corrected chi connectivity index (χ0v) is 16.2. The number of hydrogen-bond acceptors (Lipinski definition) is 5. The number of guanidine groups is 1. The molecule has 1 unspecified atom stereocenters. The number of aromatic nitrogens is 1. The summed E-state index contributed by atoms with van der Waals surface area (Å²) >= 11 is 1.59. The molecule has 1 aromatic rings. The van der Waals surface area contributed by atoms with Gasteiger partial charge in [0.05, 0.1) is 12.2 Å². The highest BCUT2D eigenvalue weighted by molar-refractivity contribution is 7.09. The molecule has 1 heterocycles. The highest BCUT2D eigenvalue weighted by Gasteiger charge is 2.13. The first-order valence-electron chi connectivity index (χ1n) is 8.05. The summed E-state index contributed by atoms with van der Waals surface area (Å²) in [6.07, 6.45) is 0.419. The highest BCUT2D eigenvalue weighted by atomic mass is 32.1. The van der Waals surface area contributed by atoms with Gasteiger partial charge >= 0.3 is 0 Å². The summed E-state index contributed by atoms with van der Waals surface area (Å²) in [5.74, 6) is 0.773.